The Morgan fingerprint density at radius 1 is 1.14 bits per heavy atom. The lowest BCUT2D eigenvalue weighted by atomic mass is 10.00. The molecule has 3 aromatic carbocycles. The number of sulfonamides is 1. The van der Waals surface area contributed by atoms with Gasteiger partial charge in [0.25, 0.3) is 0 Å². The molecule has 0 saturated heterocycles. The molecule has 8 nitrogen and oxygen atoms in total. The lowest BCUT2D eigenvalue weighted by Gasteiger charge is -2.37. The zero-order valence-corrected chi connectivity index (χ0v) is 24.5. The van der Waals surface area contributed by atoms with Crippen LogP contribution in [0.2, 0.25) is 0 Å². The fraction of sp³-hybridized carbons (Fsp3) is 0.367. The molecule has 0 radical (unpaired) electrons. The van der Waals surface area contributed by atoms with Gasteiger partial charge in [0.2, 0.25) is 10.0 Å². The summed E-state index contributed by atoms with van der Waals surface area (Å²) in [5.41, 5.74) is 2.01. The van der Waals surface area contributed by atoms with Gasteiger partial charge in [-0.15, -0.1) is 0 Å². The molecule has 0 saturated carbocycles. The van der Waals surface area contributed by atoms with E-state index >= 15 is 0 Å². The molecule has 0 aliphatic carbocycles. The fourth-order valence-corrected chi connectivity index (χ4v) is 6.65. The molecule has 3 aromatic rings. The number of benzene rings is 3. The average Bonchev–Trinajstić information content (AvgIpc) is 2.94. The van der Waals surface area contributed by atoms with Crippen LogP contribution in [0.4, 0.5) is 23.7 Å². The van der Waals surface area contributed by atoms with E-state index in [0.717, 1.165) is 28.8 Å². The number of aliphatic hydroxyl groups excluding tert-OH is 1. The van der Waals surface area contributed by atoms with Gasteiger partial charge < -0.3 is 20.1 Å². The molecule has 0 bridgehead atoms. The number of likely N-dealkylation sites (N-methyl/N-ethyl adjacent to an activating group) is 1. The number of alkyl halides is 3. The molecule has 3 atom stereocenters. The number of carbonyl (C=O) groups excluding carboxylic acids is 1. The summed E-state index contributed by atoms with van der Waals surface area (Å²) in [7, 11) is -2.53. The van der Waals surface area contributed by atoms with Gasteiger partial charge in [0.05, 0.1) is 18.7 Å². The number of carbonyl (C=O) groups is 1. The van der Waals surface area contributed by atoms with Crippen molar-refractivity contribution >= 4 is 21.7 Å². The second-order valence-corrected chi connectivity index (χ2v) is 12.5. The van der Waals surface area contributed by atoms with Gasteiger partial charge in [0.1, 0.15) is 16.7 Å². The molecule has 0 aromatic heterocycles. The maximum Gasteiger partial charge on any atom is 0.416 e. The molecular formula is C30H34F3N3O5S. The minimum absolute atomic E-state index is 0.0298. The highest BCUT2D eigenvalue weighted by atomic mass is 32.2. The predicted octanol–water partition coefficient (Wildman–Crippen LogP) is 5.61. The van der Waals surface area contributed by atoms with Gasteiger partial charge in [-0.3, -0.25) is 0 Å². The number of halogens is 3. The fourth-order valence-electron chi connectivity index (χ4n) is 4.82. The monoisotopic (exact) mass is 605 g/mol. The van der Waals surface area contributed by atoms with Crippen LogP contribution in [-0.4, -0.2) is 67.7 Å². The number of nitrogens with one attached hydrogen (secondary N) is 1. The van der Waals surface area contributed by atoms with Crippen LogP contribution >= 0.6 is 0 Å². The van der Waals surface area contributed by atoms with Gasteiger partial charge in [0.15, 0.2) is 0 Å². The Morgan fingerprint density at radius 2 is 1.81 bits per heavy atom. The van der Waals surface area contributed by atoms with Crippen molar-refractivity contribution in [3.63, 3.8) is 0 Å². The van der Waals surface area contributed by atoms with E-state index in [0.29, 0.717) is 0 Å². The average molecular weight is 606 g/mol. The van der Waals surface area contributed by atoms with Crippen LogP contribution < -0.4 is 10.1 Å². The SMILES string of the molecule is Cc1ccccc1-c1ccc2c(c1)O[C@@H](CN(C)C(=O)Nc1ccc(C(F)(F)F)cc1)[C@H](C)CN([C@H](C)CO)S2(=O)=O. The standard InChI is InChI=1S/C30H34F3N3O5S/c1-19-7-5-6-8-25(19)22-9-14-28-26(15-22)41-27(20(2)16-36(21(3)18-37)42(28,39)40)17-35(4)29(38)34-24-12-10-23(11-13-24)30(31,32)33/h5-15,20-21,27,37H,16-18H2,1-4H3,(H,34,38)/t20-,21-,27+/m1/s1. The molecule has 2 N–H and O–H groups in total. The topological polar surface area (TPSA) is 99.2 Å². The Morgan fingerprint density at radius 3 is 2.43 bits per heavy atom. The van der Waals surface area contributed by atoms with Gasteiger partial charge in [0, 0.05) is 31.2 Å². The minimum Gasteiger partial charge on any atom is -0.487 e. The first kappa shape index (κ1) is 31.3. The molecule has 12 heteroatoms. The molecule has 1 aliphatic heterocycles. The van der Waals surface area contributed by atoms with E-state index in [1.807, 2.05) is 31.2 Å². The second-order valence-electron chi connectivity index (χ2n) is 10.6. The highest BCUT2D eigenvalue weighted by Crippen LogP contribution is 2.37. The number of anilines is 1. The van der Waals surface area contributed by atoms with Gasteiger partial charge in [-0.2, -0.15) is 17.5 Å². The van der Waals surface area contributed by atoms with Crippen molar-refractivity contribution in [2.24, 2.45) is 5.92 Å². The van der Waals surface area contributed by atoms with Crippen molar-refractivity contribution in [2.45, 2.75) is 44.0 Å². The second kappa shape index (κ2) is 12.3. The first-order valence-electron chi connectivity index (χ1n) is 13.4. The molecule has 42 heavy (non-hydrogen) atoms. The first-order chi connectivity index (χ1) is 19.7. The third-order valence-corrected chi connectivity index (χ3v) is 9.41. The lowest BCUT2D eigenvalue weighted by Crippen LogP contribution is -2.50. The highest BCUT2D eigenvalue weighted by Gasteiger charge is 2.38. The Kier molecular flexibility index (Phi) is 9.19. The number of ether oxygens (including phenoxy) is 1. The number of fused-ring (bicyclic) bond motifs is 1. The largest absolute Gasteiger partial charge is 0.487 e. The van der Waals surface area contributed by atoms with E-state index in [1.165, 1.54) is 34.5 Å². The molecule has 1 heterocycles. The molecule has 226 valence electrons. The van der Waals surface area contributed by atoms with Crippen molar-refractivity contribution in [3.05, 3.63) is 77.9 Å². The minimum atomic E-state index is -4.49. The van der Waals surface area contributed by atoms with Crippen LogP contribution in [0.15, 0.2) is 71.6 Å². The molecule has 0 spiro atoms. The first-order valence-corrected chi connectivity index (χ1v) is 14.8. The molecule has 0 unspecified atom stereocenters. The Labute approximate surface area is 243 Å². The number of hydrogen-bond donors (Lipinski definition) is 2. The molecule has 4 rings (SSSR count). The van der Waals surface area contributed by atoms with Crippen LogP contribution in [0.3, 0.4) is 0 Å². The molecule has 1 aliphatic rings. The van der Waals surface area contributed by atoms with E-state index in [1.54, 1.807) is 26.0 Å². The number of aryl methyl sites for hydroxylation is 1. The summed E-state index contributed by atoms with van der Waals surface area (Å²) < 4.78 is 73.8. The van der Waals surface area contributed by atoms with Gasteiger partial charge >= 0.3 is 12.2 Å². The summed E-state index contributed by atoms with van der Waals surface area (Å²) in [5.74, 6) is -0.288. The summed E-state index contributed by atoms with van der Waals surface area (Å²) in [6.07, 6.45) is -5.15. The smallest absolute Gasteiger partial charge is 0.416 e. The van der Waals surface area contributed by atoms with Crippen LogP contribution in [-0.2, 0) is 16.2 Å². The lowest BCUT2D eigenvalue weighted by molar-refractivity contribution is -0.137. The molecular weight excluding hydrogens is 571 g/mol. The number of urea groups is 1. The van der Waals surface area contributed by atoms with Gasteiger partial charge in [-0.1, -0.05) is 37.3 Å². The quantitative estimate of drug-likeness (QED) is 0.381. The van der Waals surface area contributed by atoms with Gasteiger partial charge in [-0.05, 0) is 66.9 Å². The van der Waals surface area contributed by atoms with E-state index in [2.05, 4.69) is 5.32 Å². The Hall–Kier alpha value is -3.61. The van der Waals surface area contributed by atoms with Crippen molar-refractivity contribution in [3.8, 4) is 16.9 Å². The van der Waals surface area contributed by atoms with E-state index in [4.69, 9.17) is 4.74 Å². The number of amides is 2. The maximum absolute atomic E-state index is 13.8. The van der Waals surface area contributed by atoms with Crippen LogP contribution in [0.25, 0.3) is 11.1 Å². The molecule has 0 fully saturated rings. The van der Waals surface area contributed by atoms with Crippen LogP contribution in [0.5, 0.6) is 5.75 Å². The summed E-state index contributed by atoms with van der Waals surface area (Å²) in [6, 6.07) is 15.4. The third-order valence-electron chi connectivity index (χ3n) is 7.39. The number of rotatable bonds is 6. The summed E-state index contributed by atoms with van der Waals surface area (Å²) >= 11 is 0. The zero-order chi connectivity index (χ0) is 30.8. The van der Waals surface area contributed by atoms with Crippen molar-refractivity contribution < 1.29 is 36.2 Å². The Bertz CT molecular complexity index is 1530. The number of aliphatic hydroxyl groups is 1. The van der Waals surface area contributed by atoms with E-state index < -0.39 is 45.9 Å². The van der Waals surface area contributed by atoms with E-state index in [9.17, 15) is 31.5 Å². The number of nitrogens with zero attached hydrogens (tertiary/aromatic N) is 2. The predicted molar refractivity (Wildman–Crippen MR) is 154 cm³/mol. The summed E-state index contributed by atoms with van der Waals surface area (Å²) in [5, 5.41) is 12.4. The molecule has 2 amide bonds. The zero-order valence-electron chi connectivity index (χ0n) is 23.7. The van der Waals surface area contributed by atoms with Crippen molar-refractivity contribution in [1.29, 1.82) is 0 Å². The summed E-state index contributed by atoms with van der Waals surface area (Å²) in [4.78, 5) is 14.3. The maximum atomic E-state index is 13.8. The van der Waals surface area contributed by atoms with Crippen LogP contribution in [0.1, 0.15) is 25.0 Å². The van der Waals surface area contributed by atoms with Crippen LogP contribution in [0, 0.1) is 12.8 Å². The third kappa shape index (κ3) is 6.71. The number of hydrogen-bond acceptors (Lipinski definition) is 5. The highest BCUT2D eigenvalue weighted by molar-refractivity contribution is 7.89. The van der Waals surface area contributed by atoms with Crippen molar-refractivity contribution in [1.82, 2.24) is 9.21 Å². The van der Waals surface area contributed by atoms with Crippen molar-refractivity contribution in [2.75, 3.05) is 32.1 Å². The normalized spacial score (nSPS) is 19.5. The van der Waals surface area contributed by atoms with Gasteiger partial charge in [-0.25, -0.2) is 13.2 Å². The van der Waals surface area contributed by atoms with E-state index in [-0.39, 0.29) is 36.0 Å². The summed E-state index contributed by atoms with van der Waals surface area (Å²) in [6.45, 7) is 5.06. The Balaban J connectivity index is 1.65.